The minimum absolute atomic E-state index is 0.184. The normalized spacial score (nSPS) is 27.8. The minimum atomic E-state index is -1.28. The minimum Gasteiger partial charge on any atom is -0.465 e. The van der Waals surface area contributed by atoms with E-state index >= 15 is 0 Å². The van der Waals surface area contributed by atoms with Gasteiger partial charge in [-0.1, -0.05) is 34.1 Å². The van der Waals surface area contributed by atoms with E-state index in [0.717, 1.165) is 15.6 Å². The molecular formula is C23H22BrNO4. The molecule has 1 aliphatic heterocycles. The Kier molecular flexibility index (Phi) is 4.46. The maximum Gasteiger partial charge on any atom is 0.318 e. The van der Waals surface area contributed by atoms with Crippen LogP contribution in [0, 0.1) is 25.2 Å². The molecule has 6 heteroatoms. The fraction of sp³-hybridized carbons (Fsp3) is 0.348. The Balaban J connectivity index is 1.83. The average Bonchev–Trinajstić information content (AvgIpc) is 3.17. The van der Waals surface area contributed by atoms with Crippen molar-refractivity contribution in [3.63, 3.8) is 0 Å². The van der Waals surface area contributed by atoms with Gasteiger partial charge in [0.2, 0.25) is 11.8 Å². The number of hydrogen-bond donors (Lipinski definition) is 0. The molecular weight excluding hydrogens is 434 g/mol. The highest BCUT2D eigenvalue weighted by Gasteiger charge is 2.90. The Bertz CT molecular complexity index is 1030. The highest BCUT2D eigenvalue weighted by molar-refractivity contribution is 9.10. The van der Waals surface area contributed by atoms with Crippen LogP contribution in [0.4, 0.5) is 5.69 Å². The van der Waals surface area contributed by atoms with Crippen molar-refractivity contribution >= 4 is 39.4 Å². The van der Waals surface area contributed by atoms with Crippen molar-refractivity contribution in [1.29, 1.82) is 0 Å². The predicted octanol–water partition coefficient (Wildman–Crippen LogP) is 4.08. The second kappa shape index (κ2) is 6.52. The third-order valence-electron chi connectivity index (χ3n) is 6.22. The molecule has 29 heavy (non-hydrogen) atoms. The number of carbonyl (C=O) groups is 3. The zero-order chi connectivity index (χ0) is 21.1. The second-order valence-electron chi connectivity index (χ2n) is 8.00. The summed E-state index contributed by atoms with van der Waals surface area (Å²) in [6.07, 6.45) is 0. The molecule has 5 nitrogen and oxygen atoms in total. The molecule has 1 aliphatic carbocycles. The first-order chi connectivity index (χ1) is 13.7. The standard InChI is InChI=1S/C23H22BrNO4/c1-5-29-21(28)23(15-6-8-16(24)9-7-15)18-19(26)25(20(27)22(18,23)4)17-11-13(2)10-14(3)12-17/h6-12,18H,5H2,1-4H3/t18?,22-,23-/m0/s1. The lowest BCUT2D eigenvalue weighted by Crippen LogP contribution is -2.45. The van der Waals surface area contributed by atoms with Gasteiger partial charge >= 0.3 is 5.97 Å². The van der Waals surface area contributed by atoms with E-state index in [0.29, 0.717) is 11.3 Å². The van der Waals surface area contributed by atoms with Gasteiger partial charge < -0.3 is 4.74 Å². The molecule has 0 radical (unpaired) electrons. The van der Waals surface area contributed by atoms with Crippen LogP contribution in [0.2, 0.25) is 0 Å². The topological polar surface area (TPSA) is 63.7 Å². The summed E-state index contributed by atoms with van der Waals surface area (Å²) in [5.41, 5.74) is 0.675. The van der Waals surface area contributed by atoms with Gasteiger partial charge in [-0.05, 0) is 68.7 Å². The maximum absolute atomic E-state index is 13.6. The number of benzene rings is 2. The predicted molar refractivity (Wildman–Crippen MR) is 112 cm³/mol. The summed E-state index contributed by atoms with van der Waals surface area (Å²) < 4.78 is 6.21. The van der Waals surface area contributed by atoms with Crippen molar-refractivity contribution in [2.75, 3.05) is 11.5 Å². The van der Waals surface area contributed by atoms with E-state index in [1.165, 1.54) is 4.90 Å². The highest BCUT2D eigenvalue weighted by atomic mass is 79.9. The van der Waals surface area contributed by atoms with Crippen molar-refractivity contribution in [3.8, 4) is 0 Å². The largest absolute Gasteiger partial charge is 0.465 e. The quantitative estimate of drug-likeness (QED) is 0.514. The Morgan fingerprint density at radius 1 is 1.10 bits per heavy atom. The molecule has 1 saturated carbocycles. The number of nitrogens with zero attached hydrogens (tertiary/aromatic N) is 1. The zero-order valence-corrected chi connectivity index (χ0v) is 18.4. The number of halogens is 1. The van der Waals surface area contributed by atoms with Gasteiger partial charge in [0.05, 0.1) is 23.6 Å². The van der Waals surface area contributed by atoms with Gasteiger partial charge in [-0.3, -0.25) is 14.4 Å². The number of ether oxygens (including phenoxy) is 1. The van der Waals surface area contributed by atoms with Gasteiger partial charge in [0.1, 0.15) is 5.41 Å². The molecule has 1 heterocycles. The molecule has 150 valence electrons. The van der Waals surface area contributed by atoms with E-state index < -0.39 is 22.7 Å². The van der Waals surface area contributed by atoms with Crippen LogP contribution in [0.5, 0.6) is 0 Å². The third-order valence-corrected chi connectivity index (χ3v) is 6.75. The lowest BCUT2D eigenvalue weighted by molar-refractivity contribution is -0.150. The van der Waals surface area contributed by atoms with Crippen molar-refractivity contribution in [1.82, 2.24) is 0 Å². The average molecular weight is 456 g/mol. The number of piperidine rings is 1. The van der Waals surface area contributed by atoms with Gasteiger partial charge in [-0.2, -0.15) is 0 Å². The summed E-state index contributed by atoms with van der Waals surface area (Å²) in [4.78, 5) is 41.3. The number of aryl methyl sites for hydroxylation is 2. The summed E-state index contributed by atoms with van der Waals surface area (Å²) in [6, 6.07) is 12.8. The van der Waals surface area contributed by atoms with Crippen LogP contribution in [0.15, 0.2) is 46.9 Å². The fourth-order valence-corrected chi connectivity index (χ4v) is 5.27. The monoisotopic (exact) mass is 455 g/mol. The molecule has 0 spiro atoms. The molecule has 2 fully saturated rings. The van der Waals surface area contributed by atoms with Gasteiger partial charge in [0.15, 0.2) is 0 Å². The van der Waals surface area contributed by atoms with Gasteiger partial charge in [0, 0.05) is 4.47 Å². The third kappa shape index (κ3) is 2.48. The first-order valence-corrected chi connectivity index (χ1v) is 10.4. The van der Waals surface area contributed by atoms with Crippen molar-refractivity contribution in [2.24, 2.45) is 11.3 Å². The van der Waals surface area contributed by atoms with E-state index in [-0.39, 0.29) is 18.4 Å². The first kappa shape index (κ1) is 19.8. The molecule has 1 unspecified atom stereocenters. The van der Waals surface area contributed by atoms with E-state index in [1.807, 2.05) is 44.2 Å². The number of imide groups is 1. The first-order valence-electron chi connectivity index (χ1n) is 9.59. The number of fused-ring (bicyclic) bond motifs is 1. The van der Waals surface area contributed by atoms with Gasteiger partial charge in [0.25, 0.3) is 0 Å². The van der Waals surface area contributed by atoms with Crippen LogP contribution < -0.4 is 4.90 Å². The molecule has 2 aromatic rings. The van der Waals surface area contributed by atoms with Crippen LogP contribution in [0.3, 0.4) is 0 Å². The smallest absolute Gasteiger partial charge is 0.318 e. The molecule has 0 aromatic heterocycles. The van der Waals surface area contributed by atoms with Crippen molar-refractivity contribution < 1.29 is 19.1 Å². The Morgan fingerprint density at radius 3 is 2.17 bits per heavy atom. The number of esters is 1. The summed E-state index contributed by atoms with van der Waals surface area (Å²) in [6.45, 7) is 7.46. The summed E-state index contributed by atoms with van der Waals surface area (Å²) in [5, 5.41) is 0. The van der Waals surface area contributed by atoms with E-state index in [2.05, 4.69) is 15.9 Å². The number of hydrogen-bond acceptors (Lipinski definition) is 4. The molecule has 2 aromatic carbocycles. The van der Waals surface area contributed by atoms with E-state index in [4.69, 9.17) is 4.74 Å². The molecule has 1 saturated heterocycles. The molecule has 3 atom stereocenters. The Labute approximate surface area is 178 Å². The SMILES string of the molecule is CCOC(=O)[C@]1(c2ccc(Br)cc2)C2C(=O)N(c3cc(C)cc(C)c3)C(=O)[C@]21C. The molecule has 0 bridgehead atoms. The molecule has 0 N–H and O–H groups in total. The Morgan fingerprint density at radius 2 is 1.69 bits per heavy atom. The van der Waals surface area contributed by atoms with Gasteiger partial charge in [-0.25, -0.2) is 4.90 Å². The van der Waals surface area contributed by atoms with Crippen LogP contribution in [-0.4, -0.2) is 24.4 Å². The van der Waals surface area contributed by atoms with Crippen LogP contribution in [0.25, 0.3) is 0 Å². The molecule has 4 rings (SSSR count). The number of amides is 2. The van der Waals surface area contributed by atoms with E-state index in [1.54, 1.807) is 26.0 Å². The lowest BCUT2D eigenvalue weighted by Gasteiger charge is -2.28. The fourth-order valence-electron chi connectivity index (χ4n) is 5.00. The van der Waals surface area contributed by atoms with Crippen LogP contribution in [0.1, 0.15) is 30.5 Å². The van der Waals surface area contributed by atoms with Crippen molar-refractivity contribution in [3.05, 3.63) is 63.6 Å². The second-order valence-corrected chi connectivity index (χ2v) is 8.91. The zero-order valence-electron chi connectivity index (χ0n) is 16.8. The number of carbonyl (C=O) groups excluding carboxylic acids is 3. The summed E-state index contributed by atoms with van der Waals surface area (Å²) >= 11 is 3.39. The van der Waals surface area contributed by atoms with E-state index in [9.17, 15) is 14.4 Å². The lowest BCUT2D eigenvalue weighted by atomic mass is 9.84. The number of rotatable bonds is 4. The highest BCUT2D eigenvalue weighted by Crippen LogP contribution is 2.74. The maximum atomic E-state index is 13.6. The van der Waals surface area contributed by atoms with Crippen molar-refractivity contribution in [2.45, 2.75) is 33.1 Å². The van der Waals surface area contributed by atoms with Crippen LogP contribution in [-0.2, 0) is 24.5 Å². The molecule has 2 amide bonds. The Hall–Kier alpha value is -2.47. The van der Waals surface area contributed by atoms with Gasteiger partial charge in [-0.15, -0.1) is 0 Å². The van der Waals surface area contributed by atoms with Crippen LogP contribution >= 0.6 is 15.9 Å². The summed E-state index contributed by atoms with van der Waals surface area (Å²) in [7, 11) is 0. The molecule has 2 aliphatic rings. The summed E-state index contributed by atoms with van der Waals surface area (Å²) in [5.74, 6) is -1.99. The number of anilines is 1.